The summed E-state index contributed by atoms with van der Waals surface area (Å²) in [6, 6.07) is 1.47. The Morgan fingerprint density at radius 2 is 2.24 bits per heavy atom. The van der Waals surface area contributed by atoms with Gasteiger partial charge in [-0.15, -0.1) is 0 Å². The van der Waals surface area contributed by atoms with Gasteiger partial charge in [0, 0.05) is 19.2 Å². The van der Waals surface area contributed by atoms with Crippen molar-refractivity contribution in [2.45, 2.75) is 27.2 Å². The van der Waals surface area contributed by atoms with Gasteiger partial charge < -0.3 is 10.0 Å². The Morgan fingerprint density at radius 3 is 2.67 bits per heavy atom. The van der Waals surface area contributed by atoms with Crippen LogP contribution in [-0.2, 0) is 4.79 Å². The Balaban J connectivity index is 2.29. The molecule has 0 amide bonds. The second-order valence-electron chi connectivity index (χ2n) is 5.88. The van der Waals surface area contributed by atoms with Gasteiger partial charge in [0.2, 0.25) is 0 Å². The van der Waals surface area contributed by atoms with Crippen LogP contribution in [0, 0.1) is 28.4 Å². The van der Waals surface area contributed by atoms with Crippen molar-refractivity contribution < 1.29 is 14.8 Å². The highest BCUT2D eigenvalue weighted by Gasteiger charge is 2.47. The minimum absolute atomic E-state index is 0.0124. The first-order chi connectivity index (χ1) is 9.78. The Labute approximate surface area is 122 Å². The van der Waals surface area contributed by atoms with Crippen LogP contribution in [0.15, 0.2) is 12.3 Å². The van der Waals surface area contributed by atoms with Gasteiger partial charge in [0.1, 0.15) is 12.0 Å². The standard InChI is InChI=1S/C14H19N3O4/c1-9(2)14(13(18)19)4-5-16(8-14)12-10(3)6-11(7-15-12)17(20)21/h6-7,9H,4-5,8H2,1-3H3,(H,18,19). The second-order valence-corrected chi connectivity index (χ2v) is 5.88. The van der Waals surface area contributed by atoms with Crippen molar-refractivity contribution in [1.82, 2.24) is 4.98 Å². The molecular weight excluding hydrogens is 274 g/mol. The van der Waals surface area contributed by atoms with Crippen molar-refractivity contribution in [2.24, 2.45) is 11.3 Å². The van der Waals surface area contributed by atoms with E-state index in [1.165, 1.54) is 12.3 Å². The van der Waals surface area contributed by atoms with Gasteiger partial charge in [-0.3, -0.25) is 14.9 Å². The monoisotopic (exact) mass is 293 g/mol. The number of nitrogens with zero attached hydrogens (tertiary/aromatic N) is 3. The maximum atomic E-state index is 11.6. The normalized spacial score (nSPS) is 21.8. The molecule has 0 saturated carbocycles. The summed E-state index contributed by atoms with van der Waals surface area (Å²) in [7, 11) is 0. The molecule has 1 aromatic heterocycles. The quantitative estimate of drug-likeness (QED) is 0.675. The Bertz CT molecular complexity index is 588. The SMILES string of the molecule is Cc1cc([N+](=O)[O-])cnc1N1CCC(C(=O)O)(C(C)C)C1. The molecule has 1 aliphatic heterocycles. The van der Waals surface area contributed by atoms with E-state index >= 15 is 0 Å². The Kier molecular flexibility index (Phi) is 3.85. The van der Waals surface area contributed by atoms with Crippen molar-refractivity contribution in [3.63, 3.8) is 0 Å². The summed E-state index contributed by atoms with van der Waals surface area (Å²) >= 11 is 0. The van der Waals surface area contributed by atoms with Crippen molar-refractivity contribution in [3.8, 4) is 0 Å². The zero-order chi connectivity index (χ0) is 15.8. The highest BCUT2D eigenvalue weighted by Crippen LogP contribution is 2.40. The zero-order valence-corrected chi connectivity index (χ0v) is 12.4. The first-order valence-electron chi connectivity index (χ1n) is 6.87. The van der Waals surface area contributed by atoms with E-state index in [-0.39, 0.29) is 11.6 Å². The van der Waals surface area contributed by atoms with E-state index in [4.69, 9.17) is 0 Å². The molecule has 1 saturated heterocycles. The topological polar surface area (TPSA) is 96.6 Å². The van der Waals surface area contributed by atoms with E-state index in [0.717, 1.165) is 0 Å². The number of carbonyl (C=O) groups is 1. The molecule has 2 heterocycles. The number of carboxylic acid groups (broad SMARTS) is 1. The largest absolute Gasteiger partial charge is 0.481 e. The van der Waals surface area contributed by atoms with Gasteiger partial charge in [0.05, 0.1) is 10.3 Å². The van der Waals surface area contributed by atoms with Crippen molar-refractivity contribution in [1.29, 1.82) is 0 Å². The minimum Gasteiger partial charge on any atom is -0.481 e. The van der Waals surface area contributed by atoms with Crippen LogP contribution in [0.5, 0.6) is 0 Å². The van der Waals surface area contributed by atoms with E-state index in [9.17, 15) is 20.0 Å². The summed E-state index contributed by atoms with van der Waals surface area (Å²) in [6.45, 7) is 6.55. The minimum atomic E-state index is -0.792. The Hall–Kier alpha value is -2.18. The lowest BCUT2D eigenvalue weighted by atomic mass is 9.76. The fourth-order valence-corrected chi connectivity index (χ4v) is 2.89. The molecule has 21 heavy (non-hydrogen) atoms. The van der Waals surface area contributed by atoms with Crippen molar-refractivity contribution >= 4 is 17.5 Å². The van der Waals surface area contributed by atoms with Crippen LogP contribution in [0.3, 0.4) is 0 Å². The van der Waals surface area contributed by atoms with Crippen LogP contribution in [0.2, 0.25) is 0 Å². The van der Waals surface area contributed by atoms with Gasteiger partial charge in [-0.05, 0) is 24.8 Å². The molecule has 1 atom stereocenters. The molecule has 7 nitrogen and oxygen atoms in total. The number of rotatable bonds is 4. The van der Waals surface area contributed by atoms with E-state index in [2.05, 4.69) is 4.98 Å². The molecule has 1 aliphatic rings. The average Bonchev–Trinajstić information content (AvgIpc) is 2.84. The summed E-state index contributed by atoms with van der Waals surface area (Å²) in [4.78, 5) is 28.0. The molecular formula is C14H19N3O4. The van der Waals surface area contributed by atoms with Crippen molar-refractivity contribution in [2.75, 3.05) is 18.0 Å². The smallest absolute Gasteiger partial charge is 0.311 e. The number of aromatic nitrogens is 1. The highest BCUT2D eigenvalue weighted by atomic mass is 16.6. The third-order valence-electron chi connectivity index (χ3n) is 4.38. The molecule has 0 aliphatic carbocycles. The maximum absolute atomic E-state index is 11.6. The molecule has 0 aromatic carbocycles. The zero-order valence-electron chi connectivity index (χ0n) is 12.4. The van der Waals surface area contributed by atoms with Crippen LogP contribution in [0.1, 0.15) is 25.8 Å². The van der Waals surface area contributed by atoms with E-state index in [0.29, 0.717) is 30.9 Å². The molecule has 1 fully saturated rings. The average molecular weight is 293 g/mol. The number of nitro groups is 1. The lowest BCUT2D eigenvalue weighted by Gasteiger charge is -2.29. The third kappa shape index (κ3) is 2.55. The predicted molar refractivity (Wildman–Crippen MR) is 77.4 cm³/mol. The van der Waals surface area contributed by atoms with Gasteiger partial charge in [0.15, 0.2) is 0 Å². The Morgan fingerprint density at radius 1 is 1.57 bits per heavy atom. The van der Waals surface area contributed by atoms with Crippen LogP contribution < -0.4 is 4.90 Å². The number of anilines is 1. The van der Waals surface area contributed by atoms with Gasteiger partial charge in [-0.1, -0.05) is 13.8 Å². The van der Waals surface area contributed by atoms with E-state index < -0.39 is 16.3 Å². The molecule has 0 bridgehead atoms. The molecule has 1 unspecified atom stereocenters. The molecule has 7 heteroatoms. The molecule has 1 aromatic rings. The first-order valence-corrected chi connectivity index (χ1v) is 6.87. The fraction of sp³-hybridized carbons (Fsp3) is 0.571. The fourth-order valence-electron chi connectivity index (χ4n) is 2.89. The molecule has 0 radical (unpaired) electrons. The van der Waals surface area contributed by atoms with Gasteiger partial charge >= 0.3 is 5.97 Å². The molecule has 114 valence electrons. The summed E-state index contributed by atoms with van der Waals surface area (Å²) in [5.41, 5.74) is -0.145. The highest BCUT2D eigenvalue weighted by molar-refractivity contribution is 5.77. The lowest BCUT2D eigenvalue weighted by molar-refractivity contribution is -0.385. The summed E-state index contributed by atoms with van der Waals surface area (Å²) < 4.78 is 0. The molecule has 2 rings (SSSR count). The first kappa shape index (κ1) is 15.2. The van der Waals surface area contributed by atoms with Crippen molar-refractivity contribution in [3.05, 3.63) is 27.9 Å². The summed E-state index contributed by atoms with van der Waals surface area (Å²) in [5, 5.41) is 20.3. The predicted octanol–water partition coefficient (Wildman–Crippen LogP) is 2.24. The maximum Gasteiger partial charge on any atom is 0.311 e. The number of hydrogen-bond donors (Lipinski definition) is 1. The van der Waals surface area contributed by atoms with Gasteiger partial charge in [-0.25, -0.2) is 4.98 Å². The second kappa shape index (κ2) is 5.31. The van der Waals surface area contributed by atoms with Crippen LogP contribution in [0.4, 0.5) is 11.5 Å². The van der Waals surface area contributed by atoms with Gasteiger partial charge in [-0.2, -0.15) is 0 Å². The van der Waals surface area contributed by atoms with Gasteiger partial charge in [0.25, 0.3) is 5.69 Å². The van der Waals surface area contributed by atoms with Crippen LogP contribution in [0.25, 0.3) is 0 Å². The summed E-state index contributed by atoms with van der Waals surface area (Å²) in [6.07, 6.45) is 1.77. The van der Waals surface area contributed by atoms with E-state index in [1.54, 1.807) is 6.92 Å². The number of pyridine rings is 1. The summed E-state index contributed by atoms with van der Waals surface area (Å²) in [5.74, 6) is -0.151. The number of hydrogen-bond acceptors (Lipinski definition) is 5. The lowest BCUT2D eigenvalue weighted by Crippen LogP contribution is -2.39. The third-order valence-corrected chi connectivity index (χ3v) is 4.38. The molecule has 1 N–H and O–H groups in total. The van der Waals surface area contributed by atoms with Crippen LogP contribution >= 0.6 is 0 Å². The van der Waals surface area contributed by atoms with Crippen LogP contribution in [-0.4, -0.2) is 34.1 Å². The number of carboxylic acids is 1. The van der Waals surface area contributed by atoms with E-state index in [1.807, 2.05) is 18.7 Å². The number of aliphatic carboxylic acids is 1. The molecule has 0 spiro atoms. The number of aryl methyl sites for hydroxylation is 1.